The van der Waals surface area contributed by atoms with Gasteiger partial charge in [0.2, 0.25) is 0 Å². The third-order valence-electron chi connectivity index (χ3n) is 2.83. The van der Waals surface area contributed by atoms with Gasteiger partial charge in [0.25, 0.3) is 0 Å². The van der Waals surface area contributed by atoms with Gasteiger partial charge in [-0.3, -0.25) is 0 Å². The summed E-state index contributed by atoms with van der Waals surface area (Å²) < 4.78 is 0. The molecule has 0 aliphatic carbocycles. The van der Waals surface area contributed by atoms with Gasteiger partial charge in [0.15, 0.2) is 0 Å². The Hall–Kier alpha value is -0.830. The van der Waals surface area contributed by atoms with Crippen LogP contribution in [0.1, 0.15) is 51.3 Å². The van der Waals surface area contributed by atoms with Crippen molar-refractivity contribution < 1.29 is 0 Å². The van der Waals surface area contributed by atoms with E-state index in [2.05, 4.69) is 30.7 Å². The quantitative estimate of drug-likeness (QED) is 0.773. The molecule has 3 N–H and O–H groups in total. The van der Waals surface area contributed by atoms with Crippen molar-refractivity contribution in [3.8, 4) is 0 Å². The van der Waals surface area contributed by atoms with E-state index in [1.54, 1.807) is 0 Å². The summed E-state index contributed by atoms with van der Waals surface area (Å²) in [6.45, 7) is 8.36. The van der Waals surface area contributed by atoms with E-state index in [9.17, 15) is 0 Å². The molecule has 80 valence electrons. The van der Waals surface area contributed by atoms with Crippen LogP contribution in [0.15, 0.2) is 0 Å². The Bertz CT molecular complexity index is 278. The number of nitrogens with one attached hydrogen (secondary N) is 1. The second-order valence-corrected chi connectivity index (χ2v) is 3.99. The van der Waals surface area contributed by atoms with E-state index in [4.69, 9.17) is 5.73 Å². The molecule has 3 heteroatoms. The Kier molecular flexibility index (Phi) is 3.32. The molecule has 0 bridgehead atoms. The third-order valence-corrected chi connectivity index (χ3v) is 2.83. The van der Waals surface area contributed by atoms with Gasteiger partial charge in [-0.15, -0.1) is 0 Å². The van der Waals surface area contributed by atoms with Crippen LogP contribution >= 0.6 is 0 Å². The monoisotopic (exact) mass is 195 g/mol. The Morgan fingerprint density at radius 2 is 1.93 bits per heavy atom. The number of aromatic nitrogens is 2. The fraction of sp³-hybridized carbons (Fsp3) is 0.727. The fourth-order valence-corrected chi connectivity index (χ4v) is 1.47. The van der Waals surface area contributed by atoms with Crippen LogP contribution < -0.4 is 5.73 Å². The molecule has 0 spiro atoms. The number of hydrogen-bond acceptors (Lipinski definition) is 2. The lowest BCUT2D eigenvalue weighted by atomic mass is 10.0. The van der Waals surface area contributed by atoms with Crippen LogP contribution in [0.3, 0.4) is 0 Å². The van der Waals surface area contributed by atoms with E-state index in [0.29, 0.717) is 0 Å². The summed E-state index contributed by atoms with van der Waals surface area (Å²) in [7, 11) is 0. The van der Waals surface area contributed by atoms with Gasteiger partial charge < -0.3 is 10.7 Å². The number of aryl methyl sites for hydroxylation is 2. The second-order valence-electron chi connectivity index (χ2n) is 3.99. The molecule has 0 aliphatic rings. The first-order chi connectivity index (χ1) is 6.55. The predicted molar refractivity (Wildman–Crippen MR) is 59.2 cm³/mol. The van der Waals surface area contributed by atoms with E-state index in [-0.39, 0.29) is 5.54 Å². The van der Waals surface area contributed by atoms with Crippen molar-refractivity contribution in [1.29, 1.82) is 0 Å². The van der Waals surface area contributed by atoms with E-state index in [1.165, 1.54) is 5.69 Å². The van der Waals surface area contributed by atoms with Crippen molar-refractivity contribution in [2.45, 2.75) is 52.5 Å². The molecule has 1 unspecified atom stereocenters. The molecule has 1 heterocycles. The first kappa shape index (κ1) is 11.2. The molecule has 1 aromatic heterocycles. The zero-order valence-electron chi connectivity index (χ0n) is 9.65. The maximum absolute atomic E-state index is 6.14. The minimum atomic E-state index is -0.322. The van der Waals surface area contributed by atoms with Gasteiger partial charge in [0, 0.05) is 5.69 Å². The molecule has 0 saturated carbocycles. The van der Waals surface area contributed by atoms with Crippen molar-refractivity contribution in [3.05, 3.63) is 17.2 Å². The highest BCUT2D eigenvalue weighted by atomic mass is 15.0. The summed E-state index contributed by atoms with van der Waals surface area (Å²) in [5, 5.41) is 0. The topological polar surface area (TPSA) is 54.7 Å². The number of nitrogens with two attached hydrogens (primary N) is 1. The SMILES string of the molecule is CCc1nc(C(C)(N)CC)[nH]c1CC. The molecule has 0 aromatic carbocycles. The highest BCUT2D eigenvalue weighted by Crippen LogP contribution is 2.20. The number of nitrogens with zero attached hydrogens (tertiary/aromatic N) is 1. The highest BCUT2D eigenvalue weighted by molar-refractivity contribution is 5.18. The number of hydrogen-bond donors (Lipinski definition) is 2. The van der Waals surface area contributed by atoms with Crippen molar-refractivity contribution in [2.75, 3.05) is 0 Å². The molecule has 1 rings (SSSR count). The second kappa shape index (κ2) is 4.13. The Labute approximate surface area is 86.1 Å². The highest BCUT2D eigenvalue weighted by Gasteiger charge is 2.23. The number of rotatable bonds is 4. The van der Waals surface area contributed by atoms with Gasteiger partial charge in [0.05, 0.1) is 11.2 Å². The molecule has 1 atom stereocenters. The van der Waals surface area contributed by atoms with Gasteiger partial charge in [-0.05, 0) is 26.2 Å². The van der Waals surface area contributed by atoms with Crippen LogP contribution in [0, 0.1) is 0 Å². The van der Waals surface area contributed by atoms with Gasteiger partial charge in [-0.1, -0.05) is 20.8 Å². The zero-order valence-corrected chi connectivity index (χ0v) is 9.65. The molecular formula is C11H21N3. The summed E-state index contributed by atoms with van der Waals surface area (Å²) in [5.74, 6) is 0.925. The molecular weight excluding hydrogens is 174 g/mol. The average molecular weight is 195 g/mol. The predicted octanol–water partition coefficient (Wildman–Crippen LogP) is 2.12. The molecule has 0 aliphatic heterocycles. The third kappa shape index (κ3) is 1.98. The summed E-state index contributed by atoms with van der Waals surface area (Å²) in [6, 6.07) is 0. The van der Waals surface area contributed by atoms with Crippen LogP contribution in [0.2, 0.25) is 0 Å². The van der Waals surface area contributed by atoms with Crippen LogP contribution in [-0.2, 0) is 18.4 Å². The first-order valence-electron chi connectivity index (χ1n) is 5.42. The summed E-state index contributed by atoms with van der Waals surface area (Å²) in [4.78, 5) is 7.90. The smallest absolute Gasteiger partial charge is 0.126 e. The Balaban J connectivity index is 3.06. The lowest BCUT2D eigenvalue weighted by Crippen LogP contribution is -2.33. The molecule has 3 nitrogen and oxygen atoms in total. The van der Waals surface area contributed by atoms with E-state index in [0.717, 1.165) is 30.8 Å². The van der Waals surface area contributed by atoms with Crippen molar-refractivity contribution in [2.24, 2.45) is 5.73 Å². The largest absolute Gasteiger partial charge is 0.344 e. The van der Waals surface area contributed by atoms with E-state index >= 15 is 0 Å². The van der Waals surface area contributed by atoms with E-state index in [1.807, 2.05) is 6.92 Å². The first-order valence-corrected chi connectivity index (χ1v) is 5.42. The maximum atomic E-state index is 6.14. The number of aromatic amines is 1. The molecule has 14 heavy (non-hydrogen) atoms. The lowest BCUT2D eigenvalue weighted by molar-refractivity contribution is 0.448. The minimum Gasteiger partial charge on any atom is -0.344 e. The standard InChI is InChI=1S/C11H21N3/c1-5-8-9(6-2)14-10(13-8)11(4,12)7-3/h5-7,12H2,1-4H3,(H,13,14). The normalized spacial score (nSPS) is 15.5. The Morgan fingerprint density at radius 3 is 2.29 bits per heavy atom. The number of H-pyrrole nitrogens is 1. The average Bonchev–Trinajstić information content (AvgIpc) is 2.61. The van der Waals surface area contributed by atoms with Crippen LogP contribution in [0.25, 0.3) is 0 Å². The fourth-order valence-electron chi connectivity index (χ4n) is 1.47. The van der Waals surface area contributed by atoms with Crippen LogP contribution in [-0.4, -0.2) is 9.97 Å². The van der Waals surface area contributed by atoms with E-state index < -0.39 is 0 Å². The van der Waals surface area contributed by atoms with Gasteiger partial charge in [0.1, 0.15) is 5.82 Å². The van der Waals surface area contributed by atoms with Crippen molar-refractivity contribution in [1.82, 2.24) is 9.97 Å². The maximum Gasteiger partial charge on any atom is 0.126 e. The summed E-state index contributed by atoms with van der Waals surface area (Å²) in [6.07, 6.45) is 2.86. The zero-order chi connectivity index (χ0) is 10.8. The molecule has 0 radical (unpaired) electrons. The van der Waals surface area contributed by atoms with Crippen LogP contribution in [0.5, 0.6) is 0 Å². The number of imidazole rings is 1. The van der Waals surface area contributed by atoms with Gasteiger partial charge in [-0.2, -0.15) is 0 Å². The molecule has 0 saturated heterocycles. The lowest BCUT2D eigenvalue weighted by Gasteiger charge is -2.19. The van der Waals surface area contributed by atoms with Gasteiger partial charge >= 0.3 is 0 Å². The molecule has 0 amide bonds. The van der Waals surface area contributed by atoms with Gasteiger partial charge in [-0.25, -0.2) is 4.98 Å². The summed E-state index contributed by atoms with van der Waals surface area (Å²) in [5.41, 5.74) is 8.20. The minimum absolute atomic E-state index is 0.322. The summed E-state index contributed by atoms with van der Waals surface area (Å²) >= 11 is 0. The van der Waals surface area contributed by atoms with Crippen molar-refractivity contribution >= 4 is 0 Å². The Morgan fingerprint density at radius 1 is 1.29 bits per heavy atom. The van der Waals surface area contributed by atoms with Crippen molar-refractivity contribution in [3.63, 3.8) is 0 Å². The van der Waals surface area contributed by atoms with Crippen LogP contribution in [0.4, 0.5) is 0 Å². The molecule has 0 fully saturated rings. The molecule has 1 aromatic rings.